The Morgan fingerprint density at radius 3 is 2.81 bits per heavy atom. The number of benzene rings is 3. The zero-order valence-electron chi connectivity index (χ0n) is 15.9. The number of aromatic nitrogens is 1. The number of oxazole rings is 1. The molecule has 0 atom stereocenters. The summed E-state index contributed by atoms with van der Waals surface area (Å²) in [7, 11) is 1.32. The molecule has 0 aliphatic carbocycles. The minimum absolute atomic E-state index is 0.0124. The van der Waals surface area contributed by atoms with Crippen LogP contribution in [-0.2, 0) is 0 Å². The maximum Gasteiger partial charge on any atom is 0.274 e. The molecule has 1 heterocycles. The number of hydrogen-bond acceptors (Lipinski definition) is 7. The van der Waals surface area contributed by atoms with Crippen LogP contribution in [0.5, 0.6) is 11.5 Å². The van der Waals surface area contributed by atoms with Crippen LogP contribution in [0.25, 0.3) is 22.6 Å². The largest absolute Gasteiger partial charge is 0.504 e. The first-order chi connectivity index (χ1) is 14.9. The van der Waals surface area contributed by atoms with Gasteiger partial charge in [-0.1, -0.05) is 11.6 Å². The van der Waals surface area contributed by atoms with Crippen molar-refractivity contribution in [2.24, 2.45) is 4.99 Å². The van der Waals surface area contributed by atoms with E-state index in [-0.39, 0.29) is 22.7 Å². The lowest BCUT2D eigenvalue weighted by Gasteiger charge is -2.05. The molecule has 10 heteroatoms. The van der Waals surface area contributed by atoms with Crippen molar-refractivity contribution in [1.29, 1.82) is 0 Å². The normalized spacial score (nSPS) is 11.3. The molecule has 8 nitrogen and oxygen atoms in total. The van der Waals surface area contributed by atoms with Gasteiger partial charge >= 0.3 is 0 Å². The second-order valence-electron chi connectivity index (χ2n) is 6.40. The summed E-state index contributed by atoms with van der Waals surface area (Å²) in [5.74, 6) is 0.136. The van der Waals surface area contributed by atoms with Gasteiger partial charge in [-0.2, -0.15) is 0 Å². The summed E-state index contributed by atoms with van der Waals surface area (Å²) in [5, 5.41) is 21.9. The molecule has 1 N–H and O–H groups in total. The number of aromatic hydroxyl groups is 1. The summed E-state index contributed by atoms with van der Waals surface area (Å²) in [6.45, 7) is 0. The molecule has 0 aliphatic heterocycles. The minimum atomic E-state index is -0.571. The molecule has 156 valence electrons. The molecule has 0 saturated carbocycles. The average Bonchev–Trinajstić information content (AvgIpc) is 3.17. The molecule has 0 spiro atoms. The highest BCUT2D eigenvalue weighted by Gasteiger charge is 2.16. The second-order valence-corrected chi connectivity index (χ2v) is 8.05. The Labute approximate surface area is 194 Å². The smallest absolute Gasteiger partial charge is 0.274 e. The maximum atomic E-state index is 11.1. The van der Waals surface area contributed by atoms with Gasteiger partial charge in [-0.25, -0.2) is 4.98 Å². The van der Waals surface area contributed by atoms with Crippen LogP contribution in [0.4, 0.5) is 11.4 Å². The number of rotatable bonds is 5. The Balaban J connectivity index is 1.70. The Hall–Kier alpha value is -3.18. The van der Waals surface area contributed by atoms with E-state index in [1.54, 1.807) is 24.3 Å². The molecular weight excluding hydrogens is 537 g/mol. The fourth-order valence-electron chi connectivity index (χ4n) is 2.89. The van der Waals surface area contributed by atoms with Gasteiger partial charge < -0.3 is 14.3 Å². The number of halogens is 2. The number of nitro groups is 1. The highest BCUT2D eigenvalue weighted by atomic mass is 127. The number of aliphatic imine (C=N–C) groups is 1. The van der Waals surface area contributed by atoms with Crippen LogP contribution in [0, 0.1) is 13.7 Å². The first-order valence-corrected chi connectivity index (χ1v) is 10.3. The summed E-state index contributed by atoms with van der Waals surface area (Å²) in [6, 6.07) is 13.0. The van der Waals surface area contributed by atoms with Crippen molar-refractivity contribution < 1.29 is 19.2 Å². The number of fused-ring (bicyclic) bond motifs is 1. The summed E-state index contributed by atoms with van der Waals surface area (Å²) in [6.07, 6.45) is 1.32. The van der Waals surface area contributed by atoms with Crippen molar-refractivity contribution in [2.45, 2.75) is 0 Å². The molecule has 1 aromatic heterocycles. The number of phenolic OH excluding ortho intramolecular Hbond substituents is 1. The van der Waals surface area contributed by atoms with E-state index in [0.717, 1.165) is 9.64 Å². The van der Waals surface area contributed by atoms with Crippen LogP contribution in [-0.4, -0.2) is 28.3 Å². The van der Waals surface area contributed by atoms with Crippen molar-refractivity contribution in [2.75, 3.05) is 7.11 Å². The van der Waals surface area contributed by atoms with Crippen LogP contribution in [0.2, 0.25) is 5.02 Å². The van der Waals surface area contributed by atoms with Gasteiger partial charge in [0.25, 0.3) is 5.69 Å². The van der Waals surface area contributed by atoms with Crippen molar-refractivity contribution >= 4 is 62.9 Å². The second kappa shape index (κ2) is 8.52. The summed E-state index contributed by atoms with van der Waals surface area (Å²) in [4.78, 5) is 19.3. The van der Waals surface area contributed by atoms with E-state index in [1.165, 1.54) is 19.4 Å². The fourth-order valence-corrected chi connectivity index (χ4v) is 3.58. The van der Waals surface area contributed by atoms with Gasteiger partial charge in [-0.15, -0.1) is 0 Å². The molecule has 0 radical (unpaired) electrons. The average molecular weight is 550 g/mol. The lowest BCUT2D eigenvalue weighted by molar-refractivity contribution is -0.385. The minimum Gasteiger partial charge on any atom is -0.504 e. The van der Waals surface area contributed by atoms with Gasteiger partial charge in [0.05, 0.1) is 34.4 Å². The highest BCUT2D eigenvalue weighted by molar-refractivity contribution is 14.1. The number of phenols is 1. The van der Waals surface area contributed by atoms with Crippen LogP contribution in [0.1, 0.15) is 5.56 Å². The first-order valence-electron chi connectivity index (χ1n) is 8.81. The summed E-state index contributed by atoms with van der Waals surface area (Å²) >= 11 is 8.46. The quantitative estimate of drug-likeness (QED) is 0.139. The van der Waals surface area contributed by atoms with E-state index in [0.29, 0.717) is 33.3 Å². The molecule has 3 aromatic carbocycles. The lowest BCUT2D eigenvalue weighted by Crippen LogP contribution is -1.94. The van der Waals surface area contributed by atoms with E-state index in [2.05, 4.69) is 32.6 Å². The molecular formula is C21H13ClIN3O5. The number of nitrogens with zero attached hydrogens (tertiary/aromatic N) is 3. The van der Waals surface area contributed by atoms with Crippen molar-refractivity contribution in [3.8, 4) is 23.0 Å². The van der Waals surface area contributed by atoms with Crippen molar-refractivity contribution in [3.05, 3.63) is 72.8 Å². The van der Waals surface area contributed by atoms with Gasteiger partial charge in [0.15, 0.2) is 17.1 Å². The predicted molar refractivity (Wildman–Crippen MR) is 126 cm³/mol. The zero-order chi connectivity index (χ0) is 22.1. The lowest BCUT2D eigenvalue weighted by atomic mass is 10.1. The molecule has 31 heavy (non-hydrogen) atoms. The van der Waals surface area contributed by atoms with Crippen LogP contribution in [0.15, 0.2) is 57.9 Å². The Morgan fingerprint density at radius 1 is 1.26 bits per heavy atom. The third-order valence-electron chi connectivity index (χ3n) is 4.40. The van der Waals surface area contributed by atoms with Crippen LogP contribution in [0.3, 0.4) is 0 Å². The molecule has 0 aliphatic rings. The van der Waals surface area contributed by atoms with E-state index in [9.17, 15) is 15.2 Å². The van der Waals surface area contributed by atoms with Crippen molar-refractivity contribution in [3.63, 3.8) is 0 Å². The van der Waals surface area contributed by atoms with E-state index < -0.39 is 4.92 Å². The topological polar surface area (TPSA) is 111 Å². The molecule has 0 fully saturated rings. The summed E-state index contributed by atoms with van der Waals surface area (Å²) < 4.78 is 11.8. The number of nitro benzene ring substituents is 1. The van der Waals surface area contributed by atoms with Crippen molar-refractivity contribution in [1.82, 2.24) is 4.98 Å². The van der Waals surface area contributed by atoms with E-state index >= 15 is 0 Å². The molecule has 4 aromatic rings. The molecule has 0 saturated heterocycles. The number of ether oxygens (including phenoxy) is 1. The highest BCUT2D eigenvalue weighted by Crippen LogP contribution is 2.35. The standard InChI is InChI=1S/C21H13ClIN3O5/c1-30-19-9-14(26(28)29)6-11(20(19)27)10-24-13-3-5-18-17(8-13)25-21(31-18)15-7-12(23)2-4-16(15)22/h2-10,27H,1H3. The number of hydrogen-bond donors (Lipinski definition) is 1. The third-order valence-corrected chi connectivity index (χ3v) is 5.40. The maximum absolute atomic E-state index is 11.1. The molecule has 0 unspecified atom stereocenters. The predicted octanol–water partition coefficient (Wildman–Crippen LogP) is 6.13. The van der Waals surface area contributed by atoms with E-state index in [1.807, 2.05) is 12.1 Å². The number of methoxy groups -OCH3 is 1. The monoisotopic (exact) mass is 549 g/mol. The van der Waals surface area contributed by atoms with Crippen LogP contribution >= 0.6 is 34.2 Å². The first kappa shape index (κ1) is 21.1. The SMILES string of the molecule is COc1cc([N+](=O)[O-])cc(C=Nc2ccc3oc(-c4cc(I)ccc4Cl)nc3c2)c1O. The Kier molecular flexibility index (Phi) is 5.79. The molecule has 0 amide bonds. The molecule has 0 bridgehead atoms. The molecule has 4 rings (SSSR count). The van der Waals surface area contributed by atoms with Gasteiger partial charge in [0, 0.05) is 21.4 Å². The fraction of sp³-hybridized carbons (Fsp3) is 0.0476. The third kappa shape index (κ3) is 4.32. The van der Waals surface area contributed by atoms with Gasteiger partial charge in [0.1, 0.15) is 5.52 Å². The zero-order valence-corrected chi connectivity index (χ0v) is 18.8. The van der Waals surface area contributed by atoms with Gasteiger partial charge in [-0.05, 0) is 59.0 Å². The van der Waals surface area contributed by atoms with Gasteiger partial charge in [-0.3, -0.25) is 15.1 Å². The Morgan fingerprint density at radius 2 is 2.06 bits per heavy atom. The summed E-state index contributed by atoms with van der Waals surface area (Å²) in [5.41, 5.74) is 2.26. The van der Waals surface area contributed by atoms with Gasteiger partial charge in [0.2, 0.25) is 5.89 Å². The Bertz CT molecular complexity index is 1350. The van der Waals surface area contributed by atoms with Crippen LogP contribution < -0.4 is 4.74 Å². The van der Waals surface area contributed by atoms with E-state index in [4.69, 9.17) is 20.8 Å². The number of non-ortho nitro benzene ring substituents is 1.